The maximum atomic E-state index is 13.7. The lowest BCUT2D eigenvalue weighted by atomic mass is 9.98. The van der Waals surface area contributed by atoms with Crippen LogP contribution in [0.5, 0.6) is 0 Å². The lowest BCUT2D eigenvalue weighted by Crippen LogP contribution is -2.24. The van der Waals surface area contributed by atoms with Gasteiger partial charge in [0.2, 0.25) is 5.91 Å². The van der Waals surface area contributed by atoms with E-state index in [1.807, 2.05) is 13.0 Å². The average molecular weight is 236 g/mol. The van der Waals surface area contributed by atoms with Crippen molar-refractivity contribution in [3.8, 4) is 0 Å². The molecule has 4 heteroatoms. The molecule has 1 unspecified atom stereocenters. The predicted molar refractivity (Wildman–Crippen MR) is 64.2 cm³/mol. The quantitative estimate of drug-likeness (QED) is 0.777. The van der Waals surface area contributed by atoms with E-state index in [0.29, 0.717) is 25.1 Å². The van der Waals surface area contributed by atoms with Crippen LogP contribution in [0.15, 0.2) is 12.1 Å². The third-order valence-electron chi connectivity index (χ3n) is 3.26. The molecule has 1 atom stereocenters. The van der Waals surface area contributed by atoms with Gasteiger partial charge in [0, 0.05) is 25.6 Å². The molecule has 3 nitrogen and oxygen atoms in total. The van der Waals surface area contributed by atoms with E-state index in [9.17, 15) is 9.18 Å². The summed E-state index contributed by atoms with van der Waals surface area (Å²) < 4.78 is 13.7. The first-order chi connectivity index (χ1) is 8.08. The summed E-state index contributed by atoms with van der Waals surface area (Å²) in [4.78, 5) is 11.5. The zero-order valence-electron chi connectivity index (χ0n) is 10.1. The van der Waals surface area contributed by atoms with E-state index in [0.717, 1.165) is 11.1 Å². The van der Waals surface area contributed by atoms with Gasteiger partial charge in [0.05, 0.1) is 0 Å². The van der Waals surface area contributed by atoms with Gasteiger partial charge in [0.1, 0.15) is 5.82 Å². The van der Waals surface area contributed by atoms with Crippen LogP contribution >= 0.6 is 0 Å². The van der Waals surface area contributed by atoms with Gasteiger partial charge in [0.15, 0.2) is 0 Å². The molecule has 0 bridgehead atoms. The Hall–Kier alpha value is -1.42. The second-order valence-electron chi connectivity index (χ2n) is 4.51. The Kier molecular flexibility index (Phi) is 3.43. The summed E-state index contributed by atoms with van der Waals surface area (Å²) in [5.74, 6) is -0.190. The van der Waals surface area contributed by atoms with Crippen molar-refractivity contribution in [3.63, 3.8) is 0 Å². The minimum absolute atomic E-state index is 0.0126. The number of halogens is 1. The standard InChI is InChI=1S/C13H17FN2O/c1-8-5-10(6-11(14)9(8)2)12-7-13(17)16-4-3-15-12/h5-6,12,15H,3-4,7H2,1-2H3,(H,16,17). The van der Waals surface area contributed by atoms with Crippen molar-refractivity contribution < 1.29 is 9.18 Å². The fourth-order valence-electron chi connectivity index (χ4n) is 2.06. The van der Waals surface area contributed by atoms with E-state index in [1.165, 1.54) is 6.07 Å². The maximum absolute atomic E-state index is 13.7. The zero-order valence-corrected chi connectivity index (χ0v) is 10.1. The Balaban J connectivity index is 2.29. The highest BCUT2D eigenvalue weighted by molar-refractivity contribution is 5.77. The number of hydrogen-bond acceptors (Lipinski definition) is 2. The summed E-state index contributed by atoms with van der Waals surface area (Å²) in [6.45, 7) is 4.99. The van der Waals surface area contributed by atoms with Crippen LogP contribution in [-0.2, 0) is 4.79 Å². The van der Waals surface area contributed by atoms with Crippen LogP contribution in [0.4, 0.5) is 4.39 Å². The van der Waals surface area contributed by atoms with Crippen LogP contribution in [0.2, 0.25) is 0 Å². The molecule has 1 aliphatic rings. The summed E-state index contributed by atoms with van der Waals surface area (Å²) >= 11 is 0. The molecule has 1 amide bonds. The lowest BCUT2D eigenvalue weighted by molar-refractivity contribution is -0.121. The number of carbonyl (C=O) groups excluding carboxylic acids is 1. The van der Waals surface area contributed by atoms with Crippen LogP contribution in [0.3, 0.4) is 0 Å². The monoisotopic (exact) mass is 236 g/mol. The molecule has 1 heterocycles. The number of aryl methyl sites for hydroxylation is 1. The molecule has 0 aliphatic carbocycles. The number of carbonyl (C=O) groups is 1. The number of nitrogens with one attached hydrogen (secondary N) is 2. The Morgan fingerprint density at radius 1 is 1.29 bits per heavy atom. The molecule has 0 saturated carbocycles. The second kappa shape index (κ2) is 4.84. The van der Waals surface area contributed by atoms with Crippen molar-refractivity contribution in [2.45, 2.75) is 26.3 Å². The molecule has 1 aromatic carbocycles. The first-order valence-corrected chi connectivity index (χ1v) is 5.84. The van der Waals surface area contributed by atoms with E-state index in [2.05, 4.69) is 10.6 Å². The third kappa shape index (κ3) is 2.64. The van der Waals surface area contributed by atoms with Crippen molar-refractivity contribution >= 4 is 5.91 Å². The van der Waals surface area contributed by atoms with Crippen molar-refractivity contribution in [2.24, 2.45) is 0 Å². The third-order valence-corrected chi connectivity index (χ3v) is 3.26. The molecule has 2 rings (SSSR count). The van der Waals surface area contributed by atoms with E-state index in [-0.39, 0.29) is 17.8 Å². The molecule has 1 aromatic rings. The van der Waals surface area contributed by atoms with Crippen molar-refractivity contribution in [3.05, 3.63) is 34.6 Å². The maximum Gasteiger partial charge on any atom is 0.221 e. The Morgan fingerprint density at radius 2 is 2.06 bits per heavy atom. The van der Waals surface area contributed by atoms with Crippen LogP contribution in [-0.4, -0.2) is 19.0 Å². The first-order valence-electron chi connectivity index (χ1n) is 5.84. The van der Waals surface area contributed by atoms with E-state index in [1.54, 1.807) is 6.92 Å². The van der Waals surface area contributed by atoms with E-state index < -0.39 is 0 Å². The largest absolute Gasteiger partial charge is 0.355 e. The molecule has 92 valence electrons. The summed E-state index contributed by atoms with van der Waals surface area (Å²) in [5.41, 5.74) is 2.45. The molecule has 2 N–H and O–H groups in total. The van der Waals surface area contributed by atoms with Crippen molar-refractivity contribution in [2.75, 3.05) is 13.1 Å². The van der Waals surface area contributed by atoms with Crippen LogP contribution < -0.4 is 10.6 Å². The summed E-state index contributed by atoms with van der Waals surface area (Å²) in [5, 5.41) is 6.04. The van der Waals surface area contributed by atoms with Gasteiger partial charge in [-0.3, -0.25) is 4.79 Å². The molecule has 1 saturated heterocycles. The van der Waals surface area contributed by atoms with Gasteiger partial charge in [-0.05, 0) is 36.6 Å². The molecule has 1 fully saturated rings. The Labute approximate surface area is 100 Å². The minimum Gasteiger partial charge on any atom is -0.355 e. The molecule has 0 radical (unpaired) electrons. The number of rotatable bonds is 1. The zero-order chi connectivity index (χ0) is 12.4. The van der Waals surface area contributed by atoms with E-state index >= 15 is 0 Å². The highest BCUT2D eigenvalue weighted by Crippen LogP contribution is 2.23. The number of benzene rings is 1. The van der Waals surface area contributed by atoms with Crippen LogP contribution in [0, 0.1) is 19.7 Å². The van der Waals surface area contributed by atoms with Gasteiger partial charge in [0.25, 0.3) is 0 Å². The fourth-order valence-corrected chi connectivity index (χ4v) is 2.06. The van der Waals surface area contributed by atoms with Gasteiger partial charge < -0.3 is 10.6 Å². The summed E-state index contributed by atoms with van der Waals surface area (Å²) in [6.07, 6.45) is 0.363. The fraction of sp³-hybridized carbons (Fsp3) is 0.462. The summed E-state index contributed by atoms with van der Waals surface area (Å²) in [6, 6.07) is 3.39. The van der Waals surface area contributed by atoms with E-state index in [4.69, 9.17) is 0 Å². The molecule has 1 aliphatic heterocycles. The Morgan fingerprint density at radius 3 is 2.76 bits per heavy atom. The van der Waals surface area contributed by atoms with Crippen molar-refractivity contribution in [1.29, 1.82) is 0 Å². The highest BCUT2D eigenvalue weighted by atomic mass is 19.1. The molecule has 0 aromatic heterocycles. The van der Waals surface area contributed by atoms with Crippen LogP contribution in [0.1, 0.15) is 29.2 Å². The van der Waals surface area contributed by atoms with Gasteiger partial charge >= 0.3 is 0 Å². The molecule has 17 heavy (non-hydrogen) atoms. The topological polar surface area (TPSA) is 41.1 Å². The lowest BCUT2D eigenvalue weighted by Gasteiger charge is -2.16. The molecule has 0 spiro atoms. The van der Waals surface area contributed by atoms with Crippen molar-refractivity contribution in [1.82, 2.24) is 10.6 Å². The molecular formula is C13H17FN2O. The number of amides is 1. The summed E-state index contributed by atoms with van der Waals surface area (Å²) in [7, 11) is 0. The first kappa shape index (κ1) is 12.0. The van der Waals surface area contributed by atoms with Gasteiger partial charge in [-0.1, -0.05) is 6.07 Å². The van der Waals surface area contributed by atoms with Gasteiger partial charge in [-0.2, -0.15) is 0 Å². The predicted octanol–water partition coefficient (Wildman–Crippen LogP) is 1.59. The SMILES string of the molecule is Cc1cc(C2CC(=O)NCCN2)cc(F)c1C. The average Bonchev–Trinajstić information content (AvgIpc) is 2.50. The number of hydrogen-bond donors (Lipinski definition) is 2. The van der Waals surface area contributed by atoms with Crippen LogP contribution in [0.25, 0.3) is 0 Å². The Bertz CT molecular complexity index is 422. The normalized spacial score (nSPS) is 20.9. The minimum atomic E-state index is -0.202. The smallest absolute Gasteiger partial charge is 0.221 e. The van der Waals surface area contributed by atoms with Gasteiger partial charge in [-0.25, -0.2) is 4.39 Å². The second-order valence-corrected chi connectivity index (χ2v) is 4.51. The van der Waals surface area contributed by atoms with Gasteiger partial charge in [-0.15, -0.1) is 0 Å². The molecular weight excluding hydrogens is 219 g/mol. The highest BCUT2D eigenvalue weighted by Gasteiger charge is 2.19.